The molecule has 10 heteroatoms. The second kappa shape index (κ2) is 13.2. The van der Waals surface area contributed by atoms with Gasteiger partial charge in [0.25, 0.3) is 11.8 Å². The maximum atomic E-state index is 13.0. The number of hydrogen-bond acceptors (Lipinski definition) is 7. The van der Waals surface area contributed by atoms with E-state index in [1.165, 1.54) is 11.0 Å². The van der Waals surface area contributed by atoms with Gasteiger partial charge in [-0.3, -0.25) is 9.59 Å². The molecular weight excluding hydrogens is 482 g/mol. The summed E-state index contributed by atoms with van der Waals surface area (Å²) < 4.78 is 0. The smallest absolute Gasteiger partial charge is 0.255 e. The number of aliphatic hydroxyl groups is 2. The summed E-state index contributed by atoms with van der Waals surface area (Å²) in [6, 6.07) is 15.7. The average Bonchev–Trinajstić information content (AvgIpc) is 2.91. The lowest BCUT2D eigenvalue weighted by molar-refractivity contribution is -0.155. The highest BCUT2D eigenvalue weighted by atomic mass is 35.5. The number of halogens is 1. The van der Waals surface area contributed by atoms with Crippen LogP contribution in [0.1, 0.15) is 24.1 Å². The zero-order valence-corrected chi connectivity index (χ0v) is 20.8. The molecule has 0 aliphatic carbocycles. The van der Waals surface area contributed by atoms with Gasteiger partial charge >= 0.3 is 0 Å². The topological polar surface area (TPSA) is 138 Å². The second-order valence-corrected chi connectivity index (χ2v) is 8.95. The molecule has 6 N–H and O–H groups in total. The molecule has 0 spiro atoms. The molecule has 36 heavy (non-hydrogen) atoms. The Morgan fingerprint density at radius 2 is 1.86 bits per heavy atom. The predicted molar refractivity (Wildman–Crippen MR) is 139 cm³/mol. The Morgan fingerprint density at radius 1 is 1.17 bits per heavy atom. The van der Waals surface area contributed by atoms with E-state index >= 15 is 0 Å². The van der Waals surface area contributed by atoms with Crippen LogP contribution in [-0.2, 0) is 16.1 Å². The van der Waals surface area contributed by atoms with Crippen LogP contribution in [0.15, 0.2) is 66.9 Å². The van der Waals surface area contributed by atoms with E-state index in [-0.39, 0.29) is 11.8 Å². The molecule has 2 amide bonds. The van der Waals surface area contributed by atoms with E-state index in [0.717, 1.165) is 11.1 Å². The molecule has 0 unspecified atom stereocenters. The predicted octanol–water partition coefficient (Wildman–Crippen LogP) is 1.36. The summed E-state index contributed by atoms with van der Waals surface area (Å²) >= 11 is 6.11. The SMILES string of the molecule is C[C@@H](NC(=O)[C@H](O)[C@@H](O)C(=O)N1CCNC[C@@H]1c1ccccc1)C(=N)/C=C\NCc1ccccc1Cl. The molecule has 0 aromatic heterocycles. The third kappa shape index (κ3) is 7.14. The highest BCUT2D eigenvalue weighted by molar-refractivity contribution is 6.31. The van der Waals surface area contributed by atoms with Gasteiger partial charge in [0, 0.05) is 31.2 Å². The molecule has 0 saturated carbocycles. The Morgan fingerprint density at radius 3 is 2.58 bits per heavy atom. The zero-order chi connectivity index (χ0) is 26.1. The number of aliphatic hydroxyl groups excluding tert-OH is 2. The molecule has 2 aromatic carbocycles. The van der Waals surface area contributed by atoms with Crippen LogP contribution in [0.2, 0.25) is 5.02 Å². The van der Waals surface area contributed by atoms with E-state index in [1.54, 1.807) is 19.2 Å². The van der Waals surface area contributed by atoms with Crippen LogP contribution in [0.4, 0.5) is 0 Å². The van der Waals surface area contributed by atoms with E-state index in [4.69, 9.17) is 17.0 Å². The lowest BCUT2D eigenvalue weighted by Crippen LogP contribution is -2.56. The third-order valence-corrected chi connectivity index (χ3v) is 6.36. The molecule has 1 saturated heterocycles. The molecule has 9 nitrogen and oxygen atoms in total. The fraction of sp³-hybridized carbons (Fsp3) is 0.346. The quantitative estimate of drug-likeness (QED) is 0.265. The first-order valence-electron chi connectivity index (χ1n) is 11.7. The van der Waals surface area contributed by atoms with E-state index in [9.17, 15) is 19.8 Å². The minimum absolute atomic E-state index is 0.0641. The first-order valence-corrected chi connectivity index (χ1v) is 12.1. The van der Waals surface area contributed by atoms with Gasteiger partial charge in [-0.1, -0.05) is 60.1 Å². The molecule has 192 valence electrons. The number of amides is 2. The normalized spacial score (nSPS) is 18.3. The van der Waals surface area contributed by atoms with Crippen molar-refractivity contribution in [3.8, 4) is 0 Å². The van der Waals surface area contributed by atoms with Crippen molar-refractivity contribution in [2.45, 2.75) is 37.8 Å². The molecule has 1 fully saturated rings. The molecule has 1 heterocycles. The van der Waals surface area contributed by atoms with Crippen molar-refractivity contribution in [2.24, 2.45) is 0 Å². The van der Waals surface area contributed by atoms with Crippen LogP contribution in [0.3, 0.4) is 0 Å². The number of piperazine rings is 1. The standard InChI is InChI=1S/C26H32ClN5O4/c1-17(21(28)11-12-29-15-19-9-5-6-10-20(19)27)31-25(35)23(33)24(34)26(36)32-14-13-30-16-22(32)18-7-3-2-4-8-18/h2-12,17,22-24,28-30,33-34H,13-16H2,1H3,(H,31,35)/b12-11-,28-21?/t17-,22-,23-,24-/m1/s1. The van der Waals surface area contributed by atoms with Crippen molar-refractivity contribution < 1.29 is 19.8 Å². The van der Waals surface area contributed by atoms with Crippen molar-refractivity contribution in [2.75, 3.05) is 19.6 Å². The van der Waals surface area contributed by atoms with Gasteiger partial charge in [-0.05, 0) is 36.4 Å². The first kappa shape index (κ1) is 27.3. The minimum atomic E-state index is -1.97. The van der Waals surface area contributed by atoms with Gasteiger partial charge in [0.15, 0.2) is 12.2 Å². The summed E-state index contributed by atoms with van der Waals surface area (Å²) in [5.74, 6) is -1.66. The molecule has 0 radical (unpaired) electrons. The number of benzene rings is 2. The van der Waals surface area contributed by atoms with Crippen molar-refractivity contribution in [3.05, 3.63) is 83.0 Å². The summed E-state index contributed by atoms with van der Waals surface area (Å²) in [6.07, 6.45) is -0.858. The van der Waals surface area contributed by atoms with Gasteiger partial charge in [-0.15, -0.1) is 0 Å². The van der Waals surface area contributed by atoms with Crippen molar-refractivity contribution >= 4 is 29.1 Å². The second-order valence-electron chi connectivity index (χ2n) is 8.54. The van der Waals surface area contributed by atoms with Gasteiger partial charge < -0.3 is 36.5 Å². The number of nitrogens with one attached hydrogen (secondary N) is 4. The van der Waals surface area contributed by atoms with Crippen molar-refractivity contribution in [1.29, 1.82) is 5.41 Å². The van der Waals surface area contributed by atoms with E-state index in [0.29, 0.717) is 31.2 Å². The summed E-state index contributed by atoms with van der Waals surface area (Å²) in [5, 5.41) is 38.4. The lowest BCUT2D eigenvalue weighted by atomic mass is 10.0. The number of hydrogen-bond donors (Lipinski definition) is 6. The van der Waals surface area contributed by atoms with Crippen molar-refractivity contribution in [1.82, 2.24) is 20.9 Å². The van der Waals surface area contributed by atoms with Gasteiger partial charge in [0.1, 0.15) is 0 Å². The highest BCUT2D eigenvalue weighted by Gasteiger charge is 2.37. The monoisotopic (exact) mass is 513 g/mol. The Hall–Kier alpha value is -3.24. The van der Waals surface area contributed by atoms with Crippen LogP contribution in [0.5, 0.6) is 0 Å². The molecule has 0 bridgehead atoms. The Labute approximate surface area is 215 Å². The minimum Gasteiger partial charge on any atom is -0.387 e. The third-order valence-electron chi connectivity index (χ3n) is 5.99. The summed E-state index contributed by atoms with van der Waals surface area (Å²) in [6.45, 7) is 3.40. The fourth-order valence-electron chi connectivity index (χ4n) is 3.87. The highest BCUT2D eigenvalue weighted by Crippen LogP contribution is 2.23. The molecule has 1 aliphatic rings. The van der Waals surface area contributed by atoms with E-state index in [1.807, 2.05) is 48.5 Å². The maximum absolute atomic E-state index is 13.0. The zero-order valence-electron chi connectivity index (χ0n) is 20.0. The Bertz CT molecular complexity index is 1080. The number of nitrogens with zero attached hydrogens (tertiary/aromatic N) is 1. The summed E-state index contributed by atoms with van der Waals surface area (Å²) in [4.78, 5) is 27.0. The fourth-order valence-corrected chi connectivity index (χ4v) is 4.07. The van der Waals surface area contributed by atoms with E-state index in [2.05, 4.69) is 16.0 Å². The average molecular weight is 514 g/mol. The molecule has 4 atom stereocenters. The lowest BCUT2D eigenvalue weighted by Gasteiger charge is -2.38. The van der Waals surface area contributed by atoms with Crippen LogP contribution in [0, 0.1) is 5.41 Å². The van der Waals surface area contributed by atoms with Crippen LogP contribution in [-0.4, -0.2) is 70.5 Å². The molecule has 1 aliphatic heterocycles. The van der Waals surface area contributed by atoms with Gasteiger partial charge in [-0.2, -0.15) is 0 Å². The van der Waals surface area contributed by atoms with Crippen LogP contribution < -0.4 is 16.0 Å². The summed E-state index contributed by atoms with van der Waals surface area (Å²) in [5.41, 5.74) is 1.85. The largest absolute Gasteiger partial charge is 0.387 e. The molecule has 2 aromatic rings. The van der Waals surface area contributed by atoms with Crippen LogP contribution in [0.25, 0.3) is 0 Å². The van der Waals surface area contributed by atoms with E-state index < -0.39 is 30.1 Å². The van der Waals surface area contributed by atoms with Gasteiger partial charge in [0.05, 0.1) is 17.8 Å². The Balaban J connectivity index is 1.52. The number of rotatable bonds is 10. The Kier molecular flexibility index (Phi) is 10.0. The van der Waals surface area contributed by atoms with Gasteiger partial charge in [-0.25, -0.2) is 0 Å². The number of carbonyl (C=O) groups excluding carboxylic acids is 2. The maximum Gasteiger partial charge on any atom is 0.255 e. The first-order chi connectivity index (χ1) is 17.3. The van der Waals surface area contributed by atoms with Crippen molar-refractivity contribution in [3.63, 3.8) is 0 Å². The summed E-state index contributed by atoms with van der Waals surface area (Å²) in [7, 11) is 0. The number of carbonyl (C=O) groups is 2. The van der Waals surface area contributed by atoms with Gasteiger partial charge in [0.2, 0.25) is 0 Å². The van der Waals surface area contributed by atoms with Crippen LogP contribution >= 0.6 is 11.6 Å². The molecule has 3 rings (SSSR count). The molecular formula is C26H32ClN5O4.